The molecule has 1 aliphatic rings. The molecule has 110 valence electrons. The second-order valence-corrected chi connectivity index (χ2v) is 7.04. The van der Waals surface area contributed by atoms with Gasteiger partial charge in [0.2, 0.25) is 10.0 Å². The van der Waals surface area contributed by atoms with E-state index < -0.39 is 10.0 Å². The molecule has 1 saturated heterocycles. The molecule has 0 radical (unpaired) electrons. The minimum Gasteiger partial charge on any atom is -0.336 e. The van der Waals surface area contributed by atoms with Gasteiger partial charge in [-0.05, 0) is 26.0 Å². The lowest BCUT2D eigenvalue weighted by Gasteiger charge is -2.33. The van der Waals surface area contributed by atoms with Crippen LogP contribution >= 0.6 is 0 Å². The second-order valence-electron chi connectivity index (χ2n) is 4.78. The SMILES string of the molecule is CCS(=O)(=O)N1CCN(C(=O)c2ccc(C)nc2)CC1. The van der Waals surface area contributed by atoms with Gasteiger partial charge in [0.1, 0.15) is 0 Å². The summed E-state index contributed by atoms with van der Waals surface area (Å²) in [7, 11) is -3.16. The molecule has 0 N–H and O–H groups in total. The van der Waals surface area contributed by atoms with Crippen LogP contribution in [0.4, 0.5) is 0 Å². The number of hydrogen-bond acceptors (Lipinski definition) is 4. The van der Waals surface area contributed by atoms with Gasteiger partial charge in [0, 0.05) is 38.1 Å². The summed E-state index contributed by atoms with van der Waals surface area (Å²) in [6, 6.07) is 3.55. The zero-order valence-electron chi connectivity index (χ0n) is 11.7. The summed E-state index contributed by atoms with van der Waals surface area (Å²) in [5, 5.41) is 0. The van der Waals surface area contributed by atoms with E-state index in [-0.39, 0.29) is 11.7 Å². The standard InChI is InChI=1S/C13H19N3O3S/c1-3-20(18,19)16-8-6-15(7-9-16)13(17)12-5-4-11(2)14-10-12/h4-5,10H,3,6-9H2,1-2H3. The van der Waals surface area contributed by atoms with Crippen LogP contribution in [-0.4, -0.2) is 60.4 Å². The molecule has 0 spiro atoms. The van der Waals surface area contributed by atoms with Crippen LogP contribution in [0.1, 0.15) is 23.0 Å². The molecule has 1 aromatic heterocycles. The monoisotopic (exact) mass is 297 g/mol. The second kappa shape index (κ2) is 5.88. The molecule has 6 nitrogen and oxygen atoms in total. The van der Waals surface area contributed by atoms with Gasteiger partial charge in [0.05, 0.1) is 11.3 Å². The van der Waals surface area contributed by atoms with Crippen LogP contribution in [0.5, 0.6) is 0 Å². The lowest BCUT2D eigenvalue weighted by molar-refractivity contribution is 0.0697. The number of carbonyl (C=O) groups is 1. The Kier molecular flexibility index (Phi) is 4.39. The molecule has 0 atom stereocenters. The van der Waals surface area contributed by atoms with E-state index in [1.54, 1.807) is 30.2 Å². The summed E-state index contributed by atoms with van der Waals surface area (Å²) in [5.74, 6) is 0.00840. The van der Waals surface area contributed by atoms with Crippen molar-refractivity contribution in [1.82, 2.24) is 14.2 Å². The first-order valence-electron chi connectivity index (χ1n) is 6.64. The fourth-order valence-electron chi connectivity index (χ4n) is 2.13. The largest absolute Gasteiger partial charge is 0.336 e. The Morgan fingerprint density at radius 2 is 1.90 bits per heavy atom. The van der Waals surface area contributed by atoms with Crippen molar-refractivity contribution in [2.24, 2.45) is 0 Å². The molecule has 7 heteroatoms. The van der Waals surface area contributed by atoms with E-state index in [1.165, 1.54) is 4.31 Å². The molecule has 2 heterocycles. The fraction of sp³-hybridized carbons (Fsp3) is 0.538. The van der Waals surface area contributed by atoms with Gasteiger partial charge in [-0.2, -0.15) is 4.31 Å². The quantitative estimate of drug-likeness (QED) is 0.814. The maximum Gasteiger partial charge on any atom is 0.255 e. The molecule has 2 rings (SSSR count). The Hall–Kier alpha value is -1.47. The third-order valence-corrected chi connectivity index (χ3v) is 5.32. The van der Waals surface area contributed by atoms with Gasteiger partial charge in [-0.15, -0.1) is 0 Å². The number of hydrogen-bond donors (Lipinski definition) is 0. The van der Waals surface area contributed by atoms with E-state index in [0.717, 1.165) is 5.69 Å². The van der Waals surface area contributed by atoms with Gasteiger partial charge in [0.25, 0.3) is 5.91 Å². The summed E-state index contributed by atoms with van der Waals surface area (Å²) in [6.07, 6.45) is 1.56. The topological polar surface area (TPSA) is 70.6 Å². The summed E-state index contributed by atoms with van der Waals surface area (Å²) in [5.41, 5.74) is 1.41. The van der Waals surface area contributed by atoms with E-state index in [4.69, 9.17) is 0 Å². The number of sulfonamides is 1. The predicted molar refractivity (Wildman–Crippen MR) is 75.9 cm³/mol. The maximum atomic E-state index is 12.3. The molecule has 0 bridgehead atoms. The fourth-order valence-corrected chi connectivity index (χ4v) is 3.21. The lowest BCUT2D eigenvalue weighted by atomic mass is 10.2. The molecule has 1 amide bonds. The Morgan fingerprint density at radius 1 is 1.25 bits per heavy atom. The molecule has 0 aromatic carbocycles. The van der Waals surface area contributed by atoms with Gasteiger partial charge in [-0.1, -0.05) is 0 Å². The number of nitrogens with zero attached hydrogens (tertiary/aromatic N) is 3. The average Bonchev–Trinajstić information content (AvgIpc) is 2.47. The number of pyridine rings is 1. The van der Waals surface area contributed by atoms with Gasteiger partial charge < -0.3 is 4.90 Å². The molecule has 1 aliphatic heterocycles. The van der Waals surface area contributed by atoms with E-state index in [2.05, 4.69) is 4.98 Å². The summed E-state index contributed by atoms with van der Waals surface area (Å²) < 4.78 is 25.0. The smallest absolute Gasteiger partial charge is 0.255 e. The third-order valence-electron chi connectivity index (χ3n) is 3.44. The lowest BCUT2D eigenvalue weighted by Crippen LogP contribution is -2.50. The minimum atomic E-state index is -3.16. The number of aromatic nitrogens is 1. The Bertz CT molecular complexity index is 575. The van der Waals surface area contributed by atoms with Crippen LogP contribution in [0.15, 0.2) is 18.3 Å². The van der Waals surface area contributed by atoms with E-state index in [0.29, 0.717) is 31.7 Å². The van der Waals surface area contributed by atoms with Crippen molar-refractivity contribution in [2.45, 2.75) is 13.8 Å². The van der Waals surface area contributed by atoms with Crippen LogP contribution in [-0.2, 0) is 10.0 Å². The zero-order chi connectivity index (χ0) is 14.8. The van der Waals surface area contributed by atoms with Crippen LogP contribution < -0.4 is 0 Å². The Labute approximate surface area is 119 Å². The summed E-state index contributed by atoms with van der Waals surface area (Å²) in [6.45, 7) is 5.06. The number of aryl methyl sites for hydroxylation is 1. The van der Waals surface area contributed by atoms with Crippen LogP contribution in [0.3, 0.4) is 0 Å². The first-order chi connectivity index (χ1) is 9.44. The van der Waals surface area contributed by atoms with Crippen LogP contribution in [0.25, 0.3) is 0 Å². The number of piperazine rings is 1. The zero-order valence-corrected chi connectivity index (χ0v) is 12.6. The van der Waals surface area contributed by atoms with Crippen molar-refractivity contribution in [3.63, 3.8) is 0 Å². The van der Waals surface area contributed by atoms with Crippen LogP contribution in [0, 0.1) is 6.92 Å². The summed E-state index contributed by atoms with van der Waals surface area (Å²) in [4.78, 5) is 18.0. The minimum absolute atomic E-state index is 0.0916. The van der Waals surface area contributed by atoms with Crippen molar-refractivity contribution in [3.05, 3.63) is 29.6 Å². The molecule has 0 saturated carbocycles. The van der Waals surface area contributed by atoms with E-state index >= 15 is 0 Å². The number of rotatable bonds is 3. The first-order valence-corrected chi connectivity index (χ1v) is 8.24. The van der Waals surface area contributed by atoms with Crippen molar-refractivity contribution in [1.29, 1.82) is 0 Å². The highest BCUT2D eigenvalue weighted by molar-refractivity contribution is 7.89. The number of amides is 1. The van der Waals surface area contributed by atoms with E-state index in [1.807, 2.05) is 6.92 Å². The Morgan fingerprint density at radius 3 is 2.40 bits per heavy atom. The molecule has 1 aromatic rings. The molecular weight excluding hydrogens is 278 g/mol. The van der Waals surface area contributed by atoms with Gasteiger partial charge >= 0.3 is 0 Å². The van der Waals surface area contributed by atoms with Crippen molar-refractivity contribution < 1.29 is 13.2 Å². The van der Waals surface area contributed by atoms with Crippen LogP contribution in [0.2, 0.25) is 0 Å². The Balaban J connectivity index is 2.00. The number of carbonyl (C=O) groups excluding carboxylic acids is 1. The maximum absolute atomic E-state index is 12.3. The third kappa shape index (κ3) is 3.16. The van der Waals surface area contributed by atoms with Gasteiger partial charge in [0.15, 0.2) is 0 Å². The normalized spacial score (nSPS) is 17.2. The first kappa shape index (κ1) is 14.9. The van der Waals surface area contributed by atoms with E-state index in [9.17, 15) is 13.2 Å². The highest BCUT2D eigenvalue weighted by Gasteiger charge is 2.28. The molecule has 20 heavy (non-hydrogen) atoms. The highest BCUT2D eigenvalue weighted by Crippen LogP contribution is 2.11. The van der Waals surface area contributed by atoms with Crippen molar-refractivity contribution in [2.75, 3.05) is 31.9 Å². The van der Waals surface area contributed by atoms with Gasteiger partial charge in [-0.3, -0.25) is 9.78 Å². The van der Waals surface area contributed by atoms with Gasteiger partial charge in [-0.25, -0.2) is 8.42 Å². The van der Waals surface area contributed by atoms with Crippen molar-refractivity contribution >= 4 is 15.9 Å². The molecule has 0 aliphatic carbocycles. The highest BCUT2D eigenvalue weighted by atomic mass is 32.2. The predicted octanol–water partition coefficient (Wildman–Crippen LogP) is 0.498. The molecular formula is C13H19N3O3S. The molecule has 0 unspecified atom stereocenters. The van der Waals surface area contributed by atoms with Crippen molar-refractivity contribution in [3.8, 4) is 0 Å². The summed E-state index contributed by atoms with van der Waals surface area (Å²) >= 11 is 0. The molecule has 1 fully saturated rings. The average molecular weight is 297 g/mol.